The normalized spacial score (nSPS) is 10.6. The third kappa shape index (κ3) is 2.85. The van der Waals surface area contributed by atoms with E-state index in [1.165, 1.54) is 0 Å². The van der Waals surface area contributed by atoms with Gasteiger partial charge in [0, 0.05) is 23.4 Å². The number of carbonyl (C=O) groups excluding carboxylic acids is 1. The summed E-state index contributed by atoms with van der Waals surface area (Å²) in [6, 6.07) is 3.74. The van der Waals surface area contributed by atoms with Crippen molar-refractivity contribution in [2.45, 2.75) is 26.3 Å². The molecule has 0 aliphatic rings. The highest BCUT2D eigenvalue weighted by Crippen LogP contribution is 2.20. The summed E-state index contributed by atoms with van der Waals surface area (Å²) in [4.78, 5) is 15.3. The lowest BCUT2D eigenvalue weighted by molar-refractivity contribution is 0.112. The first-order valence-corrected chi connectivity index (χ1v) is 6.68. The topological polar surface area (TPSA) is 47.8 Å². The molecule has 2 heterocycles. The third-order valence-electron chi connectivity index (χ3n) is 2.63. The summed E-state index contributed by atoms with van der Waals surface area (Å²) in [6.45, 7) is 2.95. The minimum atomic E-state index is 0.584. The van der Waals surface area contributed by atoms with Gasteiger partial charge in [-0.1, -0.05) is 13.3 Å². The standard InChI is InChI=1S/C13H14BrN3O/c1-2-3-6-17-8-10(9-18)13(16-17)12-5-4-11(14)7-15-12/h4-5,7-9H,2-3,6H2,1H3. The van der Waals surface area contributed by atoms with Crippen molar-refractivity contribution < 1.29 is 4.79 Å². The molecule has 0 spiro atoms. The highest BCUT2D eigenvalue weighted by molar-refractivity contribution is 9.10. The summed E-state index contributed by atoms with van der Waals surface area (Å²) in [7, 11) is 0. The number of carbonyl (C=O) groups is 1. The number of hydrogen-bond donors (Lipinski definition) is 0. The summed E-state index contributed by atoms with van der Waals surface area (Å²) in [5.41, 5.74) is 1.95. The maximum atomic E-state index is 11.1. The van der Waals surface area contributed by atoms with Crippen LogP contribution in [0.4, 0.5) is 0 Å². The van der Waals surface area contributed by atoms with Gasteiger partial charge in [-0.15, -0.1) is 0 Å². The zero-order valence-electron chi connectivity index (χ0n) is 10.1. The molecule has 0 fully saturated rings. The average molecular weight is 308 g/mol. The first-order chi connectivity index (χ1) is 8.74. The number of pyridine rings is 1. The van der Waals surface area contributed by atoms with Gasteiger partial charge in [0.05, 0.1) is 11.3 Å². The molecule has 2 aromatic heterocycles. The molecule has 0 unspecified atom stereocenters. The van der Waals surface area contributed by atoms with Crippen LogP contribution in [0.15, 0.2) is 29.0 Å². The fourth-order valence-electron chi connectivity index (χ4n) is 1.67. The molecular weight excluding hydrogens is 294 g/mol. The average Bonchev–Trinajstić information content (AvgIpc) is 2.80. The molecule has 0 N–H and O–H groups in total. The van der Waals surface area contributed by atoms with Crippen molar-refractivity contribution in [1.29, 1.82) is 0 Å². The molecule has 0 amide bonds. The maximum absolute atomic E-state index is 11.1. The van der Waals surface area contributed by atoms with Crippen LogP contribution < -0.4 is 0 Å². The van der Waals surface area contributed by atoms with E-state index in [-0.39, 0.29) is 0 Å². The van der Waals surface area contributed by atoms with Crippen LogP contribution in [-0.2, 0) is 6.54 Å². The Morgan fingerprint density at radius 2 is 2.28 bits per heavy atom. The molecule has 0 aromatic carbocycles. The molecule has 0 atom stereocenters. The largest absolute Gasteiger partial charge is 0.298 e. The van der Waals surface area contributed by atoms with Crippen LogP contribution in [0.25, 0.3) is 11.4 Å². The number of hydrogen-bond acceptors (Lipinski definition) is 3. The van der Waals surface area contributed by atoms with Gasteiger partial charge in [-0.05, 0) is 34.5 Å². The van der Waals surface area contributed by atoms with E-state index in [0.29, 0.717) is 11.3 Å². The Morgan fingerprint density at radius 3 is 2.89 bits per heavy atom. The SMILES string of the molecule is CCCCn1cc(C=O)c(-c2ccc(Br)cn2)n1. The Hall–Kier alpha value is -1.49. The second-order valence-corrected chi connectivity index (χ2v) is 4.94. The highest BCUT2D eigenvalue weighted by Gasteiger charge is 2.11. The molecular formula is C13H14BrN3O. The zero-order valence-corrected chi connectivity index (χ0v) is 11.7. The molecule has 0 aliphatic heterocycles. The van der Waals surface area contributed by atoms with Gasteiger partial charge in [0.1, 0.15) is 5.69 Å². The predicted molar refractivity (Wildman–Crippen MR) is 73.5 cm³/mol. The minimum absolute atomic E-state index is 0.584. The van der Waals surface area contributed by atoms with Gasteiger partial charge in [-0.25, -0.2) is 0 Å². The Kier molecular flexibility index (Phi) is 4.25. The molecule has 0 radical (unpaired) electrons. The second kappa shape index (κ2) is 5.91. The van der Waals surface area contributed by atoms with Crippen molar-refractivity contribution in [3.63, 3.8) is 0 Å². The minimum Gasteiger partial charge on any atom is -0.298 e. The molecule has 94 valence electrons. The van der Waals surface area contributed by atoms with Crippen molar-refractivity contribution >= 4 is 22.2 Å². The molecule has 2 aromatic rings. The first kappa shape index (κ1) is 13.0. The van der Waals surface area contributed by atoms with Crippen molar-refractivity contribution in [3.8, 4) is 11.4 Å². The van der Waals surface area contributed by atoms with Gasteiger partial charge in [-0.2, -0.15) is 5.10 Å². The van der Waals surface area contributed by atoms with Crippen LogP contribution in [-0.4, -0.2) is 21.1 Å². The van der Waals surface area contributed by atoms with Crippen LogP contribution in [0.3, 0.4) is 0 Å². The van der Waals surface area contributed by atoms with Gasteiger partial charge in [0.25, 0.3) is 0 Å². The lowest BCUT2D eigenvalue weighted by atomic mass is 10.2. The van der Waals surface area contributed by atoms with E-state index in [4.69, 9.17) is 0 Å². The van der Waals surface area contributed by atoms with E-state index in [0.717, 1.165) is 35.8 Å². The predicted octanol–water partition coefficient (Wildman–Crippen LogP) is 3.32. The number of halogens is 1. The smallest absolute Gasteiger partial charge is 0.153 e. The summed E-state index contributed by atoms with van der Waals surface area (Å²) >= 11 is 3.34. The van der Waals surface area contributed by atoms with Crippen molar-refractivity contribution in [2.24, 2.45) is 0 Å². The Bertz CT molecular complexity index is 534. The van der Waals surface area contributed by atoms with E-state index in [1.54, 1.807) is 12.4 Å². The van der Waals surface area contributed by atoms with Crippen molar-refractivity contribution in [2.75, 3.05) is 0 Å². The van der Waals surface area contributed by atoms with Gasteiger partial charge < -0.3 is 0 Å². The van der Waals surface area contributed by atoms with E-state index < -0.39 is 0 Å². The zero-order chi connectivity index (χ0) is 13.0. The summed E-state index contributed by atoms with van der Waals surface area (Å²) < 4.78 is 2.72. The fraction of sp³-hybridized carbons (Fsp3) is 0.308. The highest BCUT2D eigenvalue weighted by atomic mass is 79.9. The molecule has 0 saturated carbocycles. The van der Waals surface area contributed by atoms with Gasteiger partial charge in [0.2, 0.25) is 0 Å². The van der Waals surface area contributed by atoms with Crippen LogP contribution in [0, 0.1) is 0 Å². The monoisotopic (exact) mass is 307 g/mol. The molecule has 0 bridgehead atoms. The molecule has 4 nitrogen and oxygen atoms in total. The number of rotatable bonds is 5. The van der Waals surface area contributed by atoms with Crippen molar-refractivity contribution in [1.82, 2.24) is 14.8 Å². The number of aldehydes is 1. The second-order valence-electron chi connectivity index (χ2n) is 4.03. The van der Waals surface area contributed by atoms with Gasteiger partial charge >= 0.3 is 0 Å². The molecule has 18 heavy (non-hydrogen) atoms. The van der Waals surface area contributed by atoms with E-state index >= 15 is 0 Å². The van der Waals surface area contributed by atoms with Crippen molar-refractivity contribution in [3.05, 3.63) is 34.6 Å². The van der Waals surface area contributed by atoms with Crippen LogP contribution >= 0.6 is 15.9 Å². The lowest BCUT2D eigenvalue weighted by Crippen LogP contribution is -1.98. The summed E-state index contributed by atoms with van der Waals surface area (Å²) in [5.74, 6) is 0. The molecule has 5 heteroatoms. The Labute approximate surface area is 114 Å². The molecule has 0 saturated heterocycles. The Morgan fingerprint density at radius 1 is 1.44 bits per heavy atom. The van der Waals surface area contributed by atoms with E-state index in [2.05, 4.69) is 32.9 Å². The number of aromatic nitrogens is 3. The first-order valence-electron chi connectivity index (χ1n) is 5.89. The van der Waals surface area contributed by atoms with E-state index in [1.807, 2.05) is 16.8 Å². The van der Waals surface area contributed by atoms with Crippen LogP contribution in [0.5, 0.6) is 0 Å². The fourth-order valence-corrected chi connectivity index (χ4v) is 1.91. The third-order valence-corrected chi connectivity index (χ3v) is 3.10. The van der Waals surface area contributed by atoms with Crippen LogP contribution in [0.2, 0.25) is 0 Å². The van der Waals surface area contributed by atoms with Gasteiger partial charge in [0.15, 0.2) is 6.29 Å². The summed E-state index contributed by atoms with van der Waals surface area (Å²) in [6.07, 6.45) is 6.46. The summed E-state index contributed by atoms with van der Waals surface area (Å²) in [5, 5.41) is 4.43. The lowest BCUT2D eigenvalue weighted by Gasteiger charge is -1.99. The van der Waals surface area contributed by atoms with E-state index in [9.17, 15) is 4.79 Å². The Balaban J connectivity index is 2.33. The number of nitrogens with zero attached hydrogens (tertiary/aromatic N) is 3. The molecule has 2 rings (SSSR count). The van der Waals surface area contributed by atoms with Gasteiger partial charge in [-0.3, -0.25) is 14.5 Å². The molecule has 0 aliphatic carbocycles. The maximum Gasteiger partial charge on any atom is 0.153 e. The number of aryl methyl sites for hydroxylation is 1. The quantitative estimate of drug-likeness (QED) is 0.796. The van der Waals surface area contributed by atoms with Crippen LogP contribution in [0.1, 0.15) is 30.1 Å². The number of unbranched alkanes of at least 4 members (excludes halogenated alkanes) is 1.